The number of carbonyl (C=O) groups is 2. The second-order valence-electron chi connectivity index (χ2n) is 5.76. The van der Waals surface area contributed by atoms with Crippen LogP contribution in [0.25, 0.3) is 0 Å². The maximum Gasteiger partial charge on any atom is 0.271 e. The summed E-state index contributed by atoms with van der Waals surface area (Å²) in [5.41, 5.74) is 3.15. The molecule has 0 fully saturated rings. The van der Waals surface area contributed by atoms with Gasteiger partial charge in [-0.1, -0.05) is 0 Å². The van der Waals surface area contributed by atoms with Gasteiger partial charge in [-0.25, -0.2) is 5.43 Å². The molecule has 1 aliphatic heterocycles. The lowest BCUT2D eigenvalue weighted by Crippen LogP contribution is -2.45. The Labute approximate surface area is 138 Å². The van der Waals surface area contributed by atoms with Gasteiger partial charge in [0.2, 0.25) is 0 Å². The fourth-order valence-corrected chi connectivity index (χ4v) is 2.13. The molecule has 122 valence electrons. The van der Waals surface area contributed by atoms with E-state index in [-0.39, 0.29) is 11.8 Å². The molecular weight excluding hydrogens is 308 g/mol. The van der Waals surface area contributed by atoms with E-state index in [0.29, 0.717) is 17.0 Å². The third-order valence-electron chi connectivity index (χ3n) is 3.49. The van der Waals surface area contributed by atoms with Gasteiger partial charge in [0.25, 0.3) is 11.8 Å². The third kappa shape index (κ3) is 3.24. The Morgan fingerprint density at radius 2 is 2.04 bits per heavy atom. The van der Waals surface area contributed by atoms with Crippen LogP contribution in [0.2, 0.25) is 0 Å². The lowest BCUT2D eigenvalue weighted by atomic mass is 10.0. The van der Waals surface area contributed by atoms with Crippen molar-refractivity contribution in [1.29, 1.82) is 0 Å². The maximum atomic E-state index is 12.1. The number of rotatable bonds is 3. The van der Waals surface area contributed by atoms with Crippen LogP contribution in [0.4, 0.5) is 5.69 Å². The maximum absolute atomic E-state index is 12.1. The van der Waals surface area contributed by atoms with Crippen molar-refractivity contribution in [3.63, 3.8) is 0 Å². The summed E-state index contributed by atoms with van der Waals surface area (Å²) in [6.45, 7) is 3.36. The summed E-state index contributed by atoms with van der Waals surface area (Å²) in [4.78, 5) is 28.0. The number of amides is 2. The Balaban J connectivity index is 1.72. The molecular formula is C17H16N4O3. The predicted octanol–water partition coefficient (Wildman–Crippen LogP) is 1.95. The zero-order valence-corrected chi connectivity index (χ0v) is 13.2. The van der Waals surface area contributed by atoms with Crippen LogP contribution in [0.1, 0.15) is 29.8 Å². The van der Waals surface area contributed by atoms with Crippen molar-refractivity contribution in [2.45, 2.75) is 19.4 Å². The van der Waals surface area contributed by atoms with E-state index < -0.39 is 5.60 Å². The number of pyridine rings is 1. The van der Waals surface area contributed by atoms with Crippen molar-refractivity contribution in [2.24, 2.45) is 5.10 Å². The number of hydrogen-bond acceptors (Lipinski definition) is 5. The normalized spacial score (nSPS) is 15.3. The molecule has 0 unspecified atom stereocenters. The quantitative estimate of drug-likeness (QED) is 0.667. The highest BCUT2D eigenvalue weighted by atomic mass is 16.5. The summed E-state index contributed by atoms with van der Waals surface area (Å²) in [7, 11) is 0. The number of ether oxygens (including phenoxy) is 1. The van der Waals surface area contributed by atoms with Crippen molar-refractivity contribution in [3.05, 3.63) is 53.9 Å². The first-order valence-corrected chi connectivity index (χ1v) is 7.34. The van der Waals surface area contributed by atoms with E-state index in [2.05, 4.69) is 20.8 Å². The van der Waals surface area contributed by atoms with E-state index in [9.17, 15) is 9.59 Å². The SMILES string of the molecule is CC1(C)Oc2ccc(C(=O)N/N=C\c3ccncc3)cc2NC1=O. The third-order valence-corrected chi connectivity index (χ3v) is 3.49. The fourth-order valence-electron chi connectivity index (χ4n) is 2.13. The number of benzene rings is 1. The summed E-state index contributed by atoms with van der Waals surface area (Å²) < 4.78 is 5.63. The van der Waals surface area contributed by atoms with Gasteiger partial charge in [0.15, 0.2) is 5.60 Å². The zero-order chi connectivity index (χ0) is 17.2. The van der Waals surface area contributed by atoms with Crippen molar-refractivity contribution >= 4 is 23.7 Å². The molecule has 2 aromatic rings. The highest BCUT2D eigenvalue weighted by molar-refractivity contribution is 6.02. The average molecular weight is 324 g/mol. The van der Waals surface area contributed by atoms with Gasteiger partial charge in [-0.2, -0.15) is 5.10 Å². The largest absolute Gasteiger partial charge is 0.476 e. The standard InChI is InChI=1S/C17H16N4O3/c1-17(2)16(23)20-13-9-12(3-4-14(13)24-17)15(22)21-19-10-11-5-7-18-8-6-11/h3-10H,1-2H3,(H,20,23)(H,21,22)/b19-10-. The van der Waals surface area contributed by atoms with Crippen molar-refractivity contribution in [2.75, 3.05) is 5.32 Å². The van der Waals surface area contributed by atoms with Crippen molar-refractivity contribution in [1.82, 2.24) is 10.4 Å². The Kier molecular flexibility index (Phi) is 3.99. The monoisotopic (exact) mass is 324 g/mol. The Hall–Kier alpha value is -3.22. The number of nitrogens with one attached hydrogen (secondary N) is 2. The number of nitrogens with zero attached hydrogens (tertiary/aromatic N) is 2. The number of aromatic nitrogens is 1. The van der Waals surface area contributed by atoms with Crippen LogP contribution in [0.15, 0.2) is 47.8 Å². The second-order valence-corrected chi connectivity index (χ2v) is 5.76. The van der Waals surface area contributed by atoms with Gasteiger partial charge >= 0.3 is 0 Å². The molecule has 0 spiro atoms. The number of fused-ring (bicyclic) bond motifs is 1. The van der Waals surface area contributed by atoms with Gasteiger partial charge in [-0.05, 0) is 49.7 Å². The minimum atomic E-state index is -0.939. The molecule has 3 rings (SSSR count). The molecule has 7 heteroatoms. The molecule has 0 bridgehead atoms. The van der Waals surface area contributed by atoms with E-state index in [0.717, 1.165) is 5.56 Å². The molecule has 0 atom stereocenters. The molecule has 0 aliphatic carbocycles. The van der Waals surface area contributed by atoms with Crippen molar-refractivity contribution < 1.29 is 14.3 Å². The number of anilines is 1. The van der Waals surface area contributed by atoms with Gasteiger partial charge < -0.3 is 10.1 Å². The van der Waals surface area contributed by atoms with Crippen LogP contribution >= 0.6 is 0 Å². The van der Waals surface area contributed by atoms with Crippen LogP contribution in [-0.4, -0.2) is 28.6 Å². The predicted molar refractivity (Wildman–Crippen MR) is 89.1 cm³/mol. The van der Waals surface area contributed by atoms with E-state index in [1.54, 1.807) is 56.6 Å². The number of hydrogen-bond donors (Lipinski definition) is 2. The molecule has 0 saturated heterocycles. The molecule has 1 aromatic carbocycles. The lowest BCUT2D eigenvalue weighted by Gasteiger charge is -2.31. The molecule has 0 saturated carbocycles. The smallest absolute Gasteiger partial charge is 0.271 e. The van der Waals surface area contributed by atoms with Crippen LogP contribution in [0.3, 0.4) is 0 Å². The van der Waals surface area contributed by atoms with Crippen LogP contribution in [0.5, 0.6) is 5.75 Å². The summed E-state index contributed by atoms with van der Waals surface area (Å²) in [5.74, 6) is -0.123. The molecule has 2 heterocycles. The highest BCUT2D eigenvalue weighted by Gasteiger charge is 2.35. The summed E-state index contributed by atoms with van der Waals surface area (Å²) in [6, 6.07) is 8.35. The number of hydrazone groups is 1. The summed E-state index contributed by atoms with van der Waals surface area (Å²) in [6.07, 6.45) is 4.79. The van der Waals surface area contributed by atoms with Gasteiger partial charge in [-0.3, -0.25) is 14.6 Å². The van der Waals surface area contributed by atoms with Gasteiger partial charge in [-0.15, -0.1) is 0 Å². The first-order valence-electron chi connectivity index (χ1n) is 7.34. The van der Waals surface area contributed by atoms with E-state index in [1.165, 1.54) is 6.21 Å². The van der Waals surface area contributed by atoms with E-state index in [4.69, 9.17) is 4.74 Å². The Morgan fingerprint density at radius 1 is 1.29 bits per heavy atom. The molecule has 2 N–H and O–H groups in total. The van der Waals surface area contributed by atoms with Crippen LogP contribution in [-0.2, 0) is 4.79 Å². The summed E-state index contributed by atoms with van der Waals surface area (Å²) in [5, 5.41) is 6.64. The zero-order valence-electron chi connectivity index (χ0n) is 13.2. The average Bonchev–Trinajstić information content (AvgIpc) is 2.56. The van der Waals surface area contributed by atoms with Gasteiger partial charge in [0.1, 0.15) is 5.75 Å². The second kappa shape index (κ2) is 6.11. The fraction of sp³-hybridized carbons (Fsp3) is 0.176. The topological polar surface area (TPSA) is 92.7 Å². The van der Waals surface area contributed by atoms with Gasteiger partial charge in [0.05, 0.1) is 11.9 Å². The Morgan fingerprint density at radius 3 is 2.79 bits per heavy atom. The van der Waals surface area contributed by atoms with E-state index in [1.807, 2.05) is 0 Å². The van der Waals surface area contributed by atoms with Crippen molar-refractivity contribution in [3.8, 4) is 5.75 Å². The Bertz CT molecular complexity index is 816. The molecule has 0 radical (unpaired) electrons. The molecule has 2 amide bonds. The molecule has 7 nitrogen and oxygen atoms in total. The minimum absolute atomic E-state index is 0.261. The number of carbonyl (C=O) groups excluding carboxylic acids is 2. The molecule has 1 aromatic heterocycles. The lowest BCUT2D eigenvalue weighted by molar-refractivity contribution is -0.129. The first kappa shape index (κ1) is 15.7. The van der Waals surface area contributed by atoms with E-state index >= 15 is 0 Å². The molecule has 1 aliphatic rings. The van der Waals surface area contributed by atoms with Crippen LogP contribution < -0.4 is 15.5 Å². The minimum Gasteiger partial charge on any atom is -0.476 e. The van der Waals surface area contributed by atoms with Crippen LogP contribution in [0, 0.1) is 0 Å². The summed E-state index contributed by atoms with van der Waals surface area (Å²) >= 11 is 0. The highest BCUT2D eigenvalue weighted by Crippen LogP contribution is 2.34. The van der Waals surface area contributed by atoms with Gasteiger partial charge in [0, 0.05) is 18.0 Å². The molecule has 24 heavy (non-hydrogen) atoms. The first-order chi connectivity index (χ1) is 11.5.